The highest BCUT2D eigenvalue weighted by Gasteiger charge is 2.10. The molecule has 0 saturated carbocycles. The van der Waals surface area contributed by atoms with Crippen molar-refractivity contribution in [3.63, 3.8) is 0 Å². The zero-order valence-electron chi connectivity index (χ0n) is 10.0. The minimum absolute atomic E-state index is 0.130. The molecule has 19 heavy (non-hydrogen) atoms. The van der Waals surface area contributed by atoms with Gasteiger partial charge >= 0.3 is 0 Å². The number of nitrogen functional groups attached to an aromatic ring is 1. The standard InChI is InChI=1S/C13H11BrF2N2O/c1-19-7-2-3-12(11(17)4-7)18-13-5-8(14)9(15)6-10(13)16/h2-6,18H,17H2,1H3. The number of ether oxygens (including phenoxy) is 1. The van der Waals surface area contributed by atoms with Crippen molar-refractivity contribution in [2.75, 3.05) is 18.2 Å². The minimum Gasteiger partial charge on any atom is -0.497 e. The molecule has 0 amide bonds. The highest BCUT2D eigenvalue weighted by molar-refractivity contribution is 9.10. The van der Waals surface area contributed by atoms with Crippen LogP contribution in [0.15, 0.2) is 34.8 Å². The molecule has 0 unspecified atom stereocenters. The van der Waals surface area contributed by atoms with E-state index >= 15 is 0 Å². The number of hydrogen-bond donors (Lipinski definition) is 2. The van der Waals surface area contributed by atoms with Crippen molar-refractivity contribution in [1.82, 2.24) is 0 Å². The van der Waals surface area contributed by atoms with Gasteiger partial charge in [-0.25, -0.2) is 8.78 Å². The third-order valence-corrected chi connectivity index (χ3v) is 3.15. The van der Waals surface area contributed by atoms with E-state index in [1.807, 2.05) is 0 Å². The molecule has 0 aliphatic carbocycles. The Bertz CT molecular complexity index is 620. The summed E-state index contributed by atoms with van der Waals surface area (Å²) >= 11 is 3.00. The summed E-state index contributed by atoms with van der Waals surface area (Å²) in [6.07, 6.45) is 0. The predicted molar refractivity (Wildman–Crippen MR) is 74.7 cm³/mol. The van der Waals surface area contributed by atoms with Crippen molar-refractivity contribution in [2.45, 2.75) is 0 Å². The Morgan fingerprint density at radius 3 is 2.47 bits per heavy atom. The van der Waals surface area contributed by atoms with Gasteiger partial charge in [-0.1, -0.05) is 0 Å². The van der Waals surface area contributed by atoms with Gasteiger partial charge < -0.3 is 15.8 Å². The van der Waals surface area contributed by atoms with E-state index in [4.69, 9.17) is 10.5 Å². The van der Waals surface area contributed by atoms with Crippen molar-refractivity contribution in [2.24, 2.45) is 0 Å². The van der Waals surface area contributed by atoms with Crippen molar-refractivity contribution >= 4 is 33.0 Å². The Hall–Kier alpha value is -1.82. The lowest BCUT2D eigenvalue weighted by atomic mass is 10.2. The van der Waals surface area contributed by atoms with Gasteiger partial charge in [-0.2, -0.15) is 0 Å². The SMILES string of the molecule is COc1ccc(Nc2cc(Br)c(F)cc2F)c(N)c1. The van der Waals surface area contributed by atoms with Crippen LogP contribution in [0.2, 0.25) is 0 Å². The molecule has 0 atom stereocenters. The number of benzene rings is 2. The van der Waals surface area contributed by atoms with Crippen molar-refractivity contribution in [1.29, 1.82) is 0 Å². The zero-order chi connectivity index (χ0) is 14.0. The Kier molecular flexibility index (Phi) is 3.90. The van der Waals surface area contributed by atoms with Gasteiger partial charge in [0.2, 0.25) is 0 Å². The smallest absolute Gasteiger partial charge is 0.149 e. The van der Waals surface area contributed by atoms with Crippen LogP contribution >= 0.6 is 15.9 Å². The highest BCUT2D eigenvalue weighted by Crippen LogP contribution is 2.30. The average Bonchev–Trinajstić information content (AvgIpc) is 2.38. The van der Waals surface area contributed by atoms with E-state index in [1.54, 1.807) is 18.2 Å². The second-order valence-corrected chi connectivity index (χ2v) is 4.68. The molecule has 100 valence electrons. The largest absolute Gasteiger partial charge is 0.497 e. The Morgan fingerprint density at radius 1 is 1.11 bits per heavy atom. The van der Waals surface area contributed by atoms with Gasteiger partial charge in [0.15, 0.2) is 0 Å². The molecule has 3 N–H and O–H groups in total. The maximum atomic E-state index is 13.6. The second kappa shape index (κ2) is 5.44. The molecular weight excluding hydrogens is 318 g/mol. The third-order valence-electron chi connectivity index (χ3n) is 2.54. The molecule has 0 bridgehead atoms. The van der Waals surface area contributed by atoms with Crippen molar-refractivity contribution < 1.29 is 13.5 Å². The third kappa shape index (κ3) is 2.96. The lowest BCUT2D eigenvalue weighted by Crippen LogP contribution is -1.99. The Balaban J connectivity index is 2.33. The molecule has 0 heterocycles. The predicted octanol–water partition coefficient (Wildman–Crippen LogP) is 4.06. The number of hydrogen-bond acceptors (Lipinski definition) is 3. The summed E-state index contributed by atoms with van der Waals surface area (Å²) < 4.78 is 31.9. The van der Waals surface area contributed by atoms with E-state index in [0.29, 0.717) is 17.1 Å². The van der Waals surface area contributed by atoms with E-state index in [9.17, 15) is 8.78 Å². The summed E-state index contributed by atoms with van der Waals surface area (Å²) in [4.78, 5) is 0. The first-order valence-electron chi connectivity index (χ1n) is 5.36. The number of nitrogens with one attached hydrogen (secondary N) is 1. The molecule has 6 heteroatoms. The first-order chi connectivity index (χ1) is 9.01. The maximum Gasteiger partial charge on any atom is 0.149 e. The van der Waals surface area contributed by atoms with Crippen LogP contribution in [0.25, 0.3) is 0 Å². The molecule has 0 aliphatic rings. The summed E-state index contributed by atoms with van der Waals surface area (Å²) in [6.45, 7) is 0. The normalized spacial score (nSPS) is 10.3. The minimum atomic E-state index is -0.698. The number of rotatable bonds is 3. The molecule has 2 aromatic carbocycles. The second-order valence-electron chi connectivity index (χ2n) is 3.82. The van der Waals surface area contributed by atoms with Crippen LogP contribution in [-0.4, -0.2) is 7.11 Å². The van der Waals surface area contributed by atoms with Gasteiger partial charge in [0.05, 0.1) is 28.6 Å². The summed E-state index contributed by atoms with van der Waals surface area (Å²) in [5.74, 6) is -0.759. The van der Waals surface area contributed by atoms with Gasteiger partial charge in [0, 0.05) is 12.1 Å². The van der Waals surface area contributed by atoms with Gasteiger partial charge in [-0.15, -0.1) is 0 Å². The van der Waals surface area contributed by atoms with Gasteiger partial charge in [0.25, 0.3) is 0 Å². The molecule has 0 radical (unpaired) electrons. The van der Waals surface area contributed by atoms with E-state index < -0.39 is 11.6 Å². The molecular formula is C13H11BrF2N2O. The summed E-state index contributed by atoms with van der Waals surface area (Å²) in [5, 5.41) is 2.81. The van der Waals surface area contributed by atoms with Gasteiger partial charge in [-0.05, 0) is 34.1 Å². The Labute approximate surface area is 117 Å². The Morgan fingerprint density at radius 2 is 1.84 bits per heavy atom. The van der Waals surface area contributed by atoms with Crippen LogP contribution in [0.3, 0.4) is 0 Å². The van der Waals surface area contributed by atoms with E-state index in [-0.39, 0.29) is 10.2 Å². The maximum absolute atomic E-state index is 13.6. The zero-order valence-corrected chi connectivity index (χ0v) is 11.6. The van der Waals surface area contributed by atoms with E-state index in [1.165, 1.54) is 13.2 Å². The van der Waals surface area contributed by atoms with Crippen molar-refractivity contribution in [3.8, 4) is 5.75 Å². The first kappa shape index (κ1) is 13.6. The summed E-state index contributed by atoms with van der Waals surface area (Å²) in [7, 11) is 1.53. The molecule has 0 fully saturated rings. The molecule has 0 aromatic heterocycles. The van der Waals surface area contributed by atoms with Crippen LogP contribution in [0.1, 0.15) is 0 Å². The number of anilines is 3. The summed E-state index contributed by atoms with van der Waals surface area (Å²) in [6, 6.07) is 7.07. The quantitative estimate of drug-likeness (QED) is 0.659. The first-order valence-corrected chi connectivity index (χ1v) is 6.15. The molecule has 0 saturated heterocycles. The molecule has 3 nitrogen and oxygen atoms in total. The van der Waals surface area contributed by atoms with Crippen molar-refractivity contribution in [3.05, 3.63) is 46.4 Å². The van der Waals surface area contributed by atoms with Crippen LogP contribution < -0.4 is 15.8 Å². The molecule has 2 aromatic rings. The molecule has 2 rings (SSSR count). The number of methoxy groups -OCH3 is 1. The monoisotopic (exact) mass is 328 g/mol. The molecule has 0 aliphatic heterocycles. The van der Waals surface area contributed by atoms with Crippen LogP contribution in [0.4, 0.5) is 25.8 Å². The summed E-state index contributed by atoms with van der Waals surface area (Å²) in [5.41, 5.74) is 6.86. The van der Waals surface area contributed by atoms with Gasteiger partial charge in [-0.3, -0.25) is 0 Å². The lowest BCUT2D eigenvalue weighted by Gasteiger charge is -2.12. The topological polar surface area (TPSA) is 47.3 Å². The van der Waals surface area contributed by atoms with Crippen LogP contribution in [0, 0.1) is 11.6 Å². The van der Waals surface area contributed by atoms with E-state index in [2.05, 4.69) is 21.2 Å². The van der Waals surface area contributed by atoms with Crippen LogP contribution in [-0.2, 0) is 0 Å². The van der Waals surface area contributed by atoms with E-state index in [0.717, 1.165) is 6.07 Å². The fourth-order valence-electron chi connectivity index (χ4n) is 1.55. The van der Waals surface area contributed by atoms with Gasteiger partial charge in [0.1, 0.15) is 17.4 Å². The lowest BCUT2D eigenvalue weighted by molar-refractivity contribution is 0.415. The number of halogens is 3. The fraction of sp³-hybridized carbons (Fsp3) is 0.0769. The number of nitrogens with two attached hydrogens (primary N) is 1. The highest BCUT2D eigenvalue weighted by atomic mass is 79.9. The fourth-order valence-corrected chi connectivity index (χ4v) is 1.89. The average molecular weight is 329 g/mol. The molecule has 0 spiro atoms. The van der Waals surface area contributed by atoms with Crippen LogP contribution in [0.5, 0.6) is 5.75 Å².